The van der Waals surface area contributed by atoms with E-state index in [2.05, 4.69) is 10.8 Å². The van der Waals surface area contributed by atoms with Crippen LogP contribution in [0.3, 0.4) is 0 Å². The maximum atomic E-state index is 11.3. The molecule has 0 saturated carbocycles. The molecule has 0 aliphatic rings. The Morgan fingerprint density at radius 2 is 1.81 bits per heavy atom. The lowest BCUT2D eigenvalue weighted by molar-refractivity contribution is 0.219. The molecule has 0 aliphatic carbocycles. The van der Waals surface area contributed by atoms with Crippen molar-refractivity contribution in [3.05, 3.63) is 70.6 Å². The summed E-state index contributed by atoms with van der Waals surface area (Å²) < 4.78 is 16.2. The Bertz CT molecular complexity index is 986. The smallest absolute Gasteiger partial charge is 0.336 e. The summed E-state index contributed by atoms with van der Waals surface area (Å²) >= 11 is 0. The minimum Gasteiger partial charge on any atom is -0.497 e. The van der Waals surface area contributed by atoms with Gasteiger partial charge in [-0.15, -0.1) is 6.42 Å². The lowest BCUT2D eigenvalue weighted by Gasteiger charge is -2.20. The van der Waals surface area contributed by atoms with Crippen molar-refractivity contribution in [1.82, 2.24) is 4.90 Å². The number of rotatable bonds is 8. The van der Waals surface area contributed by atoms with E-state index in [1.807, 2.05) is 36.4 Å². The Labute approximate surface area is 158 Å². The van der Waals surface area contributed by atoms with Gasteiger partial charge in [-0.25, -0.2) is 4.79 Å². The minimum absolute atomic E-state index is 0.376. The zero-order chi connectivity index (χ0) is 19.1. The van der Waals surface area contributed by atoms with Gasteiger partial charge in [0.25, 0.3) is 0 Å². The number of methoxy groups -OCH3 is 1. The van der Waals surface area contributed by atoms with Gasteiger partial charge in [-0.1, -0.05) is 18.1 Å². The molecule has 5 nitrogen and oxygen atoms in total. The average molecular weight is 363 g/mol. The van der Waals surface area contributed by atoms with Crippen molar-refractivity contribution in [2.75, 3.05) is 26.8 Å². The standard InChI is InChI=1S/C22H21NO4/c1-3-12-23(16-17-4-8-19(25-2)9-5-17)13-14-26-20-10-6-18-7-11-22(24)27-21(18)15-20/h1,4-11,15H,12-14,16H2,2H3. The Morgan fingerprint density at radius 1 is 1.07 bits per heavy atom. The largest absolute Gasteiger partial charge is 0.497 e. The molecule has 0 radical (unpaired) electrons. The van der Waals surface area contributed by atoms with E-state index in [0.29, 0.717) is 31.0 Å². The van der Waals surface area contributed by atoms with Crippen LogP contribution in [0.4, 0.5) is 0 Å². The topological polar surface area (TPSA) is 51.9 Å². The van der Waals surface area contributed by atoms with Gasteiger partial charge >= 0.3 is 5.63 Å². The first kappa shape index (κ1) is 18.6. The van der Waals surface area contributed by atoms with Crippen LogP contribution >= 0.6 is 0 Å². The van der Waals surface area contributed by atoms with Crippen molar-refractivity contribution in [3.63, 3.8) is 0 Å². The number of ether oxygens (including phenoxy) is 2. The van der Waals surface area contributed by atoms with Crippen molar-refractivity contribution in [2.24, 2.45) is 0 Å². The van der Waals surface area contributed by atoms with Gasteiger partial charge in [0, 0.05) is 30.6 Å². The van der Waals surface area contributed by atoms with Crippen LogP contribution in [0.5, 0.6) is 11.5 Å². The summed E-state index contributed by atoms with van der Waals surface area (Å²) in [6.07, 6.45) is 5.49. The summed E-state index contributed by atoms with van der Waals surface area (Å²) in [5.41, 5.74) is 1.29. The van der Waals surface area contributed by atoms with Crippen LogP contribution in [0.25, 0.3) is 11.0 Å². The molecule has 1 aromatic heterocycles. The first-order valence-corrected chi connectivity index (χ1v) is 8.63. The van der Waals surface area contributed by atoms with Crippen molar-refractivity contribution in [3.8, 4) is 23.8 Å². The van der Waals surface area contributed by atoms with Gasteiger partial charge < -0.3 is 13.9 Å². The molecular weight excluding hydrogens is 342 g/mol. The quantitative estimate of drug-likeness (QED) is 0.454. The SMILES string of the molecule is C#CCN(CCOc1ccc2ccc(=O)oc2c1)Cc1ccc(OC)cc1. The highest BCUT2D eigenvalue weighted by Gasteiger charge is 2.07. The molecule has 0 spiro atoms. The van der Waals surface area contributed by atoms with Crippen LogP contribution in [-0.4, -0.2) is 31.7 Å². The first-order valence-electron chi connectivity index (χ1n) is 8.63. The molecule has 0 saturated heterocycles. The fourth-order valence-corrected chi connectivity index (χ4v) is 2.76. The van der Waals surface area contributed by atoms with E-state index in [0.717, 1.165) is 23.2 Å². The summed E-state index contributed by atoms with van der Waals surface area (Å²) in [5, 5.41) is 0.857. The van der Waals surface area contributed by atoms with Gasteiger partial charge in [0.1, 0.15) is 23.7 Å². The maximum Gasteiger partial charge on any atom is 0.336 e. The summed E-state index contributed by atoms with van der Waals surface area (Å²) in [7, 11) is 1.65. The van der Waals surface area contributed by atoms with E-state index in [4.69, 9.17) is 20.3 Å². The van der Waals surface area contributed by atoms with Gasteiger partial charge in [-0.2, -0.15) is 0 Å². The van der Waals surface area contributed by atoms with Crippen LogP contribution in [0.1, 0.15) is 5.56 Å². The predicted molar refractivity (Wildman–Crippen MR) is 105 cm³/mol. The second-order valence-corrected chi connectivity index (χ2v) is 6.07. The summed E-state index contributed by atoms with van der Waals surface area (Å²) in [4.78, 5) is 13.5. The van der Waals surface area contributed by atoms with Crippen LogP contribution < -0.4 is 15.1 Å². The number of nitrogens with zero attached hydrogens (tertiary/aromatic N) is 1. The molecule has 138 valence electrons. The molecule has 0 atom stereocenters. The van der Waals surface area contributed by atoms with Crippen molar-refractivity contribution in [2.45, 2.75) is 6.54 Å². The van der Waals surface area contributed by atoms with Gasteiger partial charge in [0.2, 0.25) is 0 Å². The molecule has 3 rings (SSSR count). The zero-order valence-corrected chi connectivity index (χ0v) is 15.2. The Kier molecular flexibility index (Phi) is 6.14. The van der Waals surface area contributed by atoms with E-state index in [1.165, 1.54) is 6.07 Å². The normalized spacial score (nSPS) is 10.7. The van der Waals surface area contributed by atoms with Gasteiger partial charge in [0.15, 0.2) is 0 Å². The molecule has 0 fully saturated rings. The number of fused-ring (bicyclic) bond motifs is 1. The monoisotopic (exact) mass is 363 g/mol. The van der Waals surface area contributed by atoms with Crippen LogP contribution in [-0.2, 0) is 6.54 Å². The molecule has 1 heterocycles. The van der Waals surface area contributed by atoms with E-state index in [9.17, 15) is 4.79 Å². The average Bonchev–Trinajstić information content (AvgIpc) is 2.68. The summed E-state index contributed by atoms with van der Waals surface area (Å²) in [5.74, 6) is 4.17. The van der Waals surface area contributed by atoms with Crippen molar-refractivity contribution < 1.29 is 13.9 Å². The van der Waals surface area contributed by atoms with Crippen LogP contribution in [0.15, 0.2) is 63.8 Å². The van der Waals surface area contributed by atoms with Gasteiger partial charge in [-0.3, -0.25) is 4.90 Å². The lowest BCUT2D eigenvalue weighted by Crippen LogP contribution is -2.28. The van der Waals surface area contributed by atoms with Crippen molar-refractivity contribution in [1.29, 1.82) is 0 Å². The molecule has 0 unspecified atom stereocenters. The molecular formula is C22H21NO4. The van der Waals surface area contributed by atoms with E-state index < -0.39 is 0 Å². The molecule has 0 bridgehead atoms. The number of terminal acetylenes is 1. The Morgan fingerprint density at radius 3 is 2.56 bits per heavy atom. The molecule has 5 heteroatoms. The third-order valence-corrected chi connectivity index (χ3v) is 4.15. The molecule has 3 aromatic rings. The Balaban J connectivity index is 1.59. The second kappa shape index (κ2) is 8.93. The highest BCUT2D eigenvalue weighted by atomic mass is 16.5. The maximum absolute atomic E-state index is 11.3. The summed E-state index contributed by atoms with van der Waals surface area (Å²) in [6.45, 7) is 2.40. The third-order valence-electron chi connectivity index (χ3n) is 4.15. The first-order chi connectivity index (χ1) is 13.2. The predicted octanol–water partition coefficient (Wildman–Crippen LogP) is 3.32. The van der Waals surface area contributed by atoms with Crippen molar-refractivity contribution >= 4 is 11.0 Å². The number of hydrogen-bond acceptors (Lipinski definition) is 5. The van der Waals surface area contributed by atoms with Crippen LogP contribution in [0.2, 0.25) is 0 Å². The molecule has 27 heavy (non-hydrogen) atoms. The fourth-order valence-electron chi connectivity index (χ4n) is 2.76. The number of benzene rings is 2. The van der Waals surface area contributed by atoms with Crippen LogP contribution in [0, 0.1) is 12.3 Å². The minimum atomic E-state index is -0.376. The lowest BCUT2D eigenvalue weighted by atomic mass is 10.2. The van der Waals surface area contributed by atoms with Gasteiger partial charge in [-0.05, 0) is 35.9 Å². The highest BCUT2D eigenvalue weighted by Crippen LogP contribution is 2.19. The second-order valence-electron chi connectivity index (χ2n) is 6.07. The summed E-state index contributed by atoms with van der Waals surface area (Å²) in [6, 6.07) is 16.5. The Hall–Kier alpha value is -3.23. The van der Waals surface area contributed by atoms with E-state index in [-0.39, 0.29) is 5.63 Å². The zero-order valence-electron chi connectivity index (χ0n) is 15.2. The van der Waals surface area contributed by atoms with E-state index in [1.54, 1.807) is 19.2 Å². The van der Waals surface area contributed by atoms with E-state index >= 15 is 0 Å². The molecule has 0 amide bonds. The fraction of sp³-hybridized carbons (Fsp3) is 0.227. The molecule has 0 N–H and O–H groups in total. The molecule has 0 aliphatic heterocycles. The molecule has 2 aromatic carbocycles. The third kappa shape index (κ3) is 5.13. The highest BCUT2D eigenvalue weighted by molar-refractivity contribution is 5.77. The van der Waals surface area contributed by atoms with Gasteiger partial charge in [0.05, 0.1) is 13.7 Å². The number of hydrogen-bond donors (Lipinski definition) is 0.